The van der Waals surface area contributed by atoms with E-state index in [9.17, 15) is 4.79 Å². The summed E-state index contributed by atoms with van der Waals surface area (Å²) in [6.45, 7) is 2.84. The molecule has 2 aromatic rings. The molecule has 0 unspecified atom stereocenters. The maximum absolute atomic E-state index is 12.4. The number of anilines is 1. The second kappa shape index (κ2) is 10.0. The van der Waals surface area contributed by atoms with E-state index in [2.05, 4.69) is 28.2 Å². The number of ether oxygens (including phenoxy) is 1. The van der Waals surface area contributed by atoms with E-state index in [4.69, 9.17) is 27.9 Å². The van der Waals surface area contributed by atoms with Crippen LogP contribution in [0.2, 0.25) is 10.0 Å². The number of carbonyl (C=O) groups excluding carboxylic acids is 1. The van der Waals surface area contributed by atoms with Crippen molar-refractivity contribution in [2.75, 3.05) is 11.9 Å². The van der Waals surface area contributed by atoms with Gasteiger partial charge in [-0.25, -0.2) is 0 Å². The Morgan fingerprint density at radius 3 is 2.48 bits per heavy atom. The van der Waals surface area contributed by atoms with Gasteiger partial charge in [-0.2, -0.15) is 0 Å². The first-order chi connectivity index (χ1) is 12.0. The Morgan fingerprint density at radius 1 is 1.12 bits per heavy atom. The SMILES string of the molecule is CCCCCCOc1ccc(C(=O)Nc2c(Cl)cccc2Cl)cc1Br. The van der Waals surface area contributed by atoms with Crippen molar-refractivity contribution in [3.05, 3.63) is 56.5 Å². The molecule has 3 nitrogen and oxygen atoms in total. The highest BCUT2D eigenvalue weighted by atomic mass is 79.9. The third-order valence-corrected chi connectivity index (χ3v) is 4.90. The molecule has 0 fully saturated rings. The second-order valence-electron chi connectivity index (χ2n) is 5.61. The molecule has 2 aromatic carbocycles. The smallest absolute Gasteiger partial charge is 0.255 e. The Morgan fingerprint density at radius 2 is 1.84 bits per heavy atom. The van der Waals surface area contributed by atoms with Crippen LogP contribution in [0.15, 0.2) is 40.9 Å². The minimum Gasteiger partial charge on any atom is -0.492 e. The lowest BCUT2D eigenvalue weighted by Gasteiger charge is -2.11. The van der Waals surface area contributed by atoms with Gasteiger partial charge in [0, 0.05) is 5.56 Å². The average molecular weight is 445 g/mol. The van der Waals surface area contributed by atoms with Crippen LogP contribution in [0.1, 0.15) is 43.0 Å². The van der Waals surface area contributed by atoms with Crippen LogP contribution in [0, 0.1) is 0 Å². The molecule has 0 spiro atoms. The van der Waals surface area contributed by atoms with Gasteiger partial charge in [-0.3, -0.25) is 4.79 Å². The zero-order valence-corrected chi connectivity index (χ0v) is 17.0. The van der Waals surface area contributed by atoms with Gasteiger partial charge in [0.15, 0.2) is 0 Å². The fourth-order valence-corrected chi connectivity index (χ4v) is 3.26. The van der Waals surface area contributed by atoms with E-state index in [1.807, 2.05) is 0 Å². The molecular weight excluding hydrogens is 425 g/mol. The molecule has 0 heterocycles. The molecule has 0 aliphatic rings. The summed E-state index contributed by atoms with van der Waals surface area (Å²) >= 11 is 15.6. The number of halogens is 3. The highest BCUT2D eigenvalue weighted by Gasteiger charge is 2.13. The van der Waals surface area contributed by atoms with Crippen molar-refractivity contribution in [1.29, 1.82) is 0 Å². The van der Waals surface area contributed by atoms with Crippen molar-refractivity contribution >= 4 is 50.7 Å². The van der Waals surface area contributed by atoms with E-state index >= 15 is 0 Å². The Hall–Kier alpha value is -1.23. The third-order valence-electron chi connectivity index (χ3n) is 3.65. The van der Waals surface area contributed by atoms with E-state index in [1.54, 1.807) is 36.4 Å². The number of nitrogens with one attached hydrogen (secondary N) is 1. The molecule has 0 radical (unpaired) electrons. The number of para-hydroxylation sites is 1. The molecule has 2 rings (SSSR count). The van der Waals surface area contributed by atoms with Crippen LogP contribution < -0.4 is 10.1 Å². The Bertz CT molecular complexity index is 717. The predicted molar refractivity (Wildman–Crippen MR) is 108 cm³/mol. The zero-order valence-electron chi connectivity index (χ0n) is 14.0. The quantitative estimate of drug-likeness (QED) is 0.446. The number of carbonyl (C=O) groups is 1. The lowest BCUT2D eigenvalue weighted by Crippen LogP contribution is -2.12. The van der Waals surface area contributed by atoms with Crippen LogP contribution in [-0.4, -0.2) is 12.5 Å². The molecule has 0 aromatic heterocycles. The molecule has 25 heavy (non-hydrogen) atoms. The van der Waals surface area contributed by atoms with Crippen molar-refractivity contribution in [3.8, 4) is 5.75 Å². The second-order valence-corrected chi connectivity index (χ2v) is 7.27. The molecule has 0 aliphatic heterocycles. The maximum Gasteiger partial charge on any atom is 0.255 e. The van der Waals surface area contributed by atoms with Gasteiger partial charge in [0.1, 0.15) is 5.75 Å². The molecule has 0 bridgehead atoms. The largest absolute Gasteiger partial charge is 0.492 e. The molecule has 0 atom stereocenters. The Balaban J connectivity index is 2.00. The summed E-state index contributed by atoms with van der Waals surface area (Å²) in [5.74, 6) is 0.439. The van der Waals surface area contributed by atoms with E-state index in [1.165, 1.54) is 12.8 Å². The van der Waals surface area contributed by atoms with Gasteiger partial charge in [-0.05, 0) is 52.7 Å². The molecule has 0 saturated heterocycles. The molecule has 0 aliphatic carbocycles. The van der Waals surface area contributed by atoms with E-state index in [0.29, 0.717) is 27.9 Å². The van der Waals surface area contributed by atoms with Crippen molar-refractivity contribution in [3.63, 3.8) is 0 Å². The van der Waals surface area contributed by atoms with Crippen LogP contribution in [0.3, 0.4) is 0 Å². The molecule has 0 saturated carbocycles. The van der Waals surface area contributed by atoms with Crippen LogP contribution in [-0.2, 0) is 0 Å². The normalized spacial score (nSPS) is 10.6. The summed E-state index contributed by atoms with van der Waals surface area (Å²) in [4.78, 5) is 12.4. The predicted octanol–water partition coefficient (Wildman–Crippen LogP) is 6.97. The van der Waals surface area contributed by atoms with Gasteiger partial charge in [-0.1, -0.05) is 55.5 Å². The molecular formula is C19H20BrCl2NO2. The minimum absolute atomic E-state index is 0.287. The number of benzene rings is 2. The van der Waals surface area contributed by atoms with Gasteiger partial charge in [0.25, 0.3) is 5.91 Å². The summed E-state index contributed by atoms with van der Waals surface area (Å²) in [7, 11) is 0. The van der Waals surface area contributed by atoms with Gasteiger partial charge >= 0.3 is 0 Å². The zero-order chi connectivity index (χ0) is 18.2. The lowest BCUT2D eigenvalue weighted by molar-refractivity contribution is 0.102. The van der Waals surface area contributed by atoms with Crippen molar-refractivity contribution in [2.24, 2.45) is 0 Å². The lowest BCUT2D eigenvalue weighted by atomic mass is 10.2. The summed E-state index contributed by atoms with van der Waals surface area (Å²) in [5, 5.41) is 3.53. The molecule has 1 amide bonds. The summed E-state index contributed by atoms with van der Waals surface area (Å²) in [6.07, 6.45) is 4.60. The summed E-state index contributed by atoms with van der Waals surface area (Å²) < 4.78 is 6.49. The number of unbranched alkanes of at least 4 members (excludes halogenated alkanes) is 3. The topological polar surface area (TPSA) is 38.3 Å². The highest BCUT2D eigenvalue weighted by molar-refractivity contribution is 9.10. The minimum atomic E-state index is -0.287. The monoisotopic (exact) mass is 443 g/mol. The van der Waals surface area contributed by atoms with E-state index in [0.717, 1.165) is 23.1 Å². The summed E-state index contributed by atoms with van der Waals surface area (Å²) in [5.41, 5.74) is 0.893. The maximum atomic E-state index is 12.4. The van der Waals surface area contributed by atoms with Gasteiger partial charge in [0.2, 0.25) is 0 Å². The summed E-state index contributed by atoms with van der Waals surface area (Å²) in [6, 6.07) is 10.3. The molecule has 1 N–H and O–H groups in total. The fourth-order valence-electron chi connectivity index (χ4n) is 2.27. The van der Waals surface area contributed by atoms with E-state index < -0.39 is 0 Å². The highest BCUT2D eigenvalue weighted by Crippen LogP contribution is 2.31. The van der Waals surface area contributed by atoms with Crippen molar-refractivity contribution in [1.82, 2.24) is 0 Å². The van der Waals surface area contributed by atoms with Gasteiger partial charge in [-0.15, -0.1) is 0 Å². The number of hydrogen-bond acceptors (Lipinski definition) is 2. The first-order valence-electron chi connectivity index (χ1n) is 8.20. The van der Waals surface area contributed by atoms with Crippen molar-refractivity contribution < 1.29 is 9.53 Å². The van der Waals surface area contributed by atoms with Crippen LogP contribution in [0.4, 0.5) is 5.69 Å². The standard InChI is InChI=1S/C19H20BrCl2NO2/c1-2-3-4-5-11-25-17-10-9-13(12-14(17)20)19(24)23-18-15(21)7-6-8-16(18)22/h6-10,12H,2-5,11H2,1H3,(H,23,24). The van der Waals surface area contributed by atoms with Gasteiger partial charge < -0.3 is 10.1 Å². The number of amides is 1. The van der Waals surface area contributed by atoms with E-state index in [-0.39, 0.29) is 5.91 Å². The molecule has 6 heteroatoms. The first-order valence-corrected chi connectivity index (χ1v) is 9.75. The van der Waals surface area contributed by atoms with Crippen molar-refractivity contribution in [2.45, 2.75) is 32.6 Å². The van der Waals surface area contributed by atoms with Gasteiger partial charge in [0.05, 0.1) is 26.8 Å². The Kier molecular flexibility index (Phi) is 8.07. The fraction of sp³-hybridized carbons (Fsp3) is 0.316. The first kappa shape index (κ1) is 20.1. The number of rotatable bonds is 8. The molecule has 134 valence electrons. The average Bonchev–Trinajstić information content (AvgIpc) is 2.59. The number of hydrogen-bond donors (Lipinski definition) is 1. The van der Waals surface area contributed by atoms with Crippen LogP contribution in [0.25, 0.3) is 0 Å². The van der Waals surface area contributed by atoms with Crippen LogP contribution >= 0.6 is 39.1 Å². The van der Waals surface area contributed by atoms with Crippen LogP contribution in [0.5, 0.6) is 5.75 Å². The third kappa shape index (κ3) is 5.91. The Labute approximate surface area is 166 Å².